The fourth-order valence-corrected chi connectivity index (χ4v) is 3.79. The van der Waals surface area contributed by atoms with Gasteiger partial charge in [-0.2, -0.15) is 11.8 Å². The van der Waals surface area contributed by atoms with Gasteiger partial charge in [-0.05, 0) is 32.4 Å². The summed E-state index contributed by atoms with van der Waals surface area (Å²) in [4.78, 5) is 0. The lowest BCUT2D eigenvalue weighted by Gasteiger charge is -2.20. The molecule has 0 aromatic carbocycles. The molecule has 1 heterocycles. The first-order valence-corrected chi connectivity index (χ1v) is 7.54. The number of hydrogen-bond acceptors (Lipinski definition) is 4. The van der Waals surface area contributed by atoms with Gasteiger partial charge >= 0.3 is 0 Å². The number of hydrogen-bond donors (Lipinski definition) is 1. The number of nitrogens with zero attached hydrogens (tertiary/aromatic N) is 1. The van der Waals surface area contributed by atoms with E-state index in [0.29, 0.717) is 6.04 Å². The summed E-state index contributed by atoms with van der Waals surface area (Å²) >= 11 is 2.09. The topological polar surface area (TPSA) is 38.1 Å². The molecule has 0 aliphatic heterocycles. The Hall–Kier alpha value is -0.480. The van der Waals surface area contributed by atoms with E-state index in [0.717, 1.165) is 23.2 Å². The number of thioether (sulfide) groups is 1. The Morgan fingerprint density at radius 2 is 2.24 bits per heavy atom. The Morgan fingerprint density at radius 3 is 2.88 bits per heavy atom. The maximum absolute atomic E-state index is 5.19. The minimum Gasteiger partial charge on any atom is -0.361 e. The number of aryl methyl sites for hydroxylation is 2. The molecule has 0 spiro atoms. The highest BCUT2D eigenvalue weighted by molar-refractivity contribution is 7.99. The lowest BCUT2D eigenvalue weighted by atomic mass is 10.2. The summed E-state index contributed by atoms with van der Waals surface area (Å²) in [5, 5.41) is 8.47. The fraction of sp³-hybridized carbons (Fsp3) is 0.769. The van der Waals surface area contributed by atoms with Crippen molar-refractivity contribution in [3.8, 4) is 0 Å². The van der Waals surface area contributed by atoms with Gasteiger partial charge in [-0.1, -0.05) is 18.5 Å². The highest BCUT2D eigenvalue weighted by Crippen LogP contribution is 2.30. The zero-order chi connectivity index (χ0) is 12.3. The highest BCUT2D eigenvalue weighted by atomic mass is 32.2. The average molecular weight is 254 g/mol. The fourth-order valence-electron chi connectivity index (χ4n) is 2.56. The third-order valence-electron chi connectivity index (χ3n) is 3.56. The molecule has 1 aromatic heterocycles. The summed E-state index contributed by atoms with van der Waals surface area (Å²) in [6.07, 6.45) is 4.02. The van der Waals surface area contributed by atoms with Crippen LogP contribution in [0.3, 0.4) is 0 Å². The second-order valence-electron chi connectivity index (χ2n) is 4.71. The van der Waals surface area contributed by atoms with Gasteiger partial charge in [0.05, 0.1) is 5.69 Å². The van der Waals surface area contributed by atoms with E-state index in [-0.39, 0.29) is 0 Å². The average Bonchev–Trinajstić information content (AvgIpc) is 2.86. The molecule has 2 atom stereocenters. The molecule has 3 nitrogen and oxygen atoms in total. The highest BCUT2D eigenvalue weighted by Gasteiger charge is 2.27. The molecule has 1 N–H and O–H groups in total. The Labute approximate surface area is 108 Å². The van der Waals surface area contributed by atoms with Gasteiger partial charge in [-0.3, -0.25) is 0 Å². The van der Waals surface area contributed by atoms with E-state index in [1.807, 2.05) is 13.8 Å². The quantitative estimate of drug-likeness (QED) is 0.876. The van der Waals surface area contributed by atoms with Crippen LogP contribution in [0.5, 0.6) is 0 Å². The first-order chi connectivity index (χ1) is 8.22. The number of nitrogens with one attached hydrogen (secondary N) is 1. The molecule has 1 aromatic rings. The van der Waals surface area contributed by atoms with Crippen LogP contribution in [0.25, 0.3) is 0 Å². The van der Waals surface area contributed by atoms with E-state index in [2.05, 4.69) is 29.2 Å². The zero-order valence-corrected chi connectivity index (χ0v) is 11.8. The molecular weight excluding hydrogens is 232 g/mol. The molecule has 1 fully saturated rings. The first kappa shape index (κ1) is 13.0. The second kappa shape index (κ2) is 5.91. The minimum atomic E-state index is 0.661. The van der Waals surface area contributed by atoms with Crippen LogP contribution in [0.15, 0.2) is 4.52 Å². The Kier molecular flexibility index (Phi) is 4.51. The predicted molar refractivity (Wildman–Crippen MR) is 72.4 cm³/mol. The van der Waals surface area contributed by atoms with Crippen LogP contribution in [0.2, 0.25) is 0 Å². The lowest BCUT2D eigenvalue weighted by Crippen LogP contribution is -2.33. The molecule has 2 unspecified atom stereocenters. The van der Waals surface area contributed by atoms with E-state index in [1.165, 1.54) is 30.6 Å². The van der Waals surface area contributed by atoms with Crippen LogP contribution < -0.4 is 5.32 Å². The van der Waals surface area contributed by atoms with Crippen LogP contribution in [0.1, 0.15) is 43.2 Å². The van der Waals surface area contributed by atoms with E-state index in [1.54, 1.807) is 0 Å². The summed E-state index contributed by atoms with van der Waals surface area (Å²) in [6.45, 7) is 7.14. The van der Waals surface area contributed by atoms with Gasteiger partial charge in [-0.15, -0.1) is 0 Å². The van der Waals surface area contributed by atoms with Gasteiger partial charge in [0.1, 0.15) is 5.76 Å². The summed E-state index contributed by atoms with van der Waals surface area (Å²) < 4.78 is 5.19. The van der Waals surface area contributed by atoms with Crippen molar-refractivity contribution in [2.75, 3.05) is 5.75 Å². The molecule has 17 heavy (non-hydrogen) atoms. The molecule has 1 aliphatic rings. The van der Waals surface area contributed by atoms with Crippen molar-refractivity contribution in [1.82, 2.24) is 10.5 Å². The van der Waals surface area contributed by atoms with Crippen molar-refractivity contribution in [1.29, 1.82) is 0 Å². The van der Waals surface area contributed by atoms with E-state index in [4.69, 9.17) is 4.52 Å². The van der Waals surface area contributed by atoms with Crippen LogP contribution in [0.4, 0.5) is 0 Å². The maximum atomic E-state index is 5.19. The van der Waals surface area contributed by atoms with Crippen molar-refractivity contribution in [2.45, 2.75) is 57.9 Å². The molecule has 2 rings (SSSR count). The first-order valence-electron chi connectivity index (χ1n) is 6.49. The molecule has 96 valence electrons. The SMILES string of the molecule is CCSC1CCCC1NCc1c(C)noc1C. The van der Waals surface area contributed by atoms with Crippen LogP contribution >= 0.6 is 11.8 Å². The monoisotopic (exact) mass is 254 g/mol. The minimum absolute atomic E-state index is 0.661. The second-order valence-corrected chi connectivity index (χ2v) is 6.23. The van der Waals surface area contributed by atoms with Gasteiger partial charge in [0.15, 0.2) is 0 Å². The summed E-state index contributed by atoms with van der Waals surface area (Å²) in [5.74, 6) is 2.17. The Balaban J connectivity index is 1.89. The van der Waals surface area contributed by atoms with Gasteiger partial charge in [0.2, 0.25) is 0 Å². The van der Waals surface area contributed by atoms with Gasteiger partial charge in [0, 0.05) is 23.4 Å². The molecule has 0 amide bonds. The van der Waals surface area contributed by atoms with Crippen molar-refractivity contribution in [3.05, 3.63) is 17.0 Å². The zero-order valence-electron chi connectivity index (χ0n) is 11.0. The molecule has 4 heteroatoms. The van der Waals surface area contributed by atoms with Gasteiger partial charge < -0.3 is 9.84 Å². The lowest BCUT2D eigenvalue weighted by molar-refractivity contribution is 0.391. The largest absolute Gasteiger partial charge is 0.361 e. The standard InChI is InChI=1S/C13H22N2OS/c1-4-17-13-7-5-6-12(13)14-8-11-9(2)15-16-10(11)3/h12-14H,4-8H2,1-3H3. The van der Waals surface area contributed by atoms with Gasteiger partial charge in [0.25, 0.3) is 0 Å². The molecule has 0 bridgehead atoms. The summed E-state index contributed by atoms with van der Waals surface area (Å²) in [7, 11) is 0. The Morgan fingerprint density at radius 1 is 1.41 bits per heavy atom. The molecular formula is C13H22N2OS. The van der Waals surface area contributed by atoms with E-state index in [9.17, 15) is 0 Å². The number of rotatable bonds is 5. The molecule has 1 aliphatic carbocycles. The van der Waals surface area contributed by atoms with Crippen molar-refractivity contribution < 1.29 is 4.52 Å². The van der Waals surface area contributed by atoms with Crippen LogP contribution in [-0.2, 0) is 6.54 Å². The van der Waals surface area contributed by atoms with Crippen LogP contribution in [-0.4, -0.2) is 22.2 Å². The smallest absolute Gasteiger partial charge is 0.138 e. The molecule has 0 saturated heterocycles. The third kappa shape index (κ3) is 3.05. The predicted octanol–water partition coefficient (Wildman–Crippen LogP) is 3.06. The van der Waals surface area contributed by atoms with Crippen molar-refractivity contribution >= 4 is 11.8 Å². The molecule has 0 radical (unpaired) electrons. The van der Waals surface area contributed by atoms with Gasteiger partial charge in [-0.25, -0.2) is 0 Å². The van der Waals surface area contributed by atoms with E-state index < -0.39 is 0 Å². The maximum Gasteiger partial charge on any atom is 0.138 e. The number of aromatic nitrogens is 1. The van der Waals surface area contributed by atoms with Crippen molar-refractivity contribution in [2.24, 2.45) is 0 Å². The summed E-state index contributed by atoms with van der Waals surface area (Å²) in [5.41, 5.74) is 2.25. The van der Waals surface area contributed by atoms with Crippen LogP contribution in [0, 0.1) is 13.8 Å². The normalized spacial score (nSPS) is 24.4. The molecule has 1 saturated carbocycles. The third-order valence-corrected chi connectivity index (χ3v) is 4.88. The van der Waals surface area contributed by atoms with E-state index >= 15 is 0 Å². The summed E-state index contributed by atoms with van der Waals surface area (Å²) in [6, 6.07) is 0.661. The van der Waals surface area contributed by atoms with Crippen molar-refractivity contribution in [3.63, 3.8) is 0 Å². The Bertz CT molecular complexity index is 345.